The molecular weight excluding hydrogens is 244 g/mol. The van der Waals surface area contributed by atoms with Crippen molar-refractivity contribution in [3.05, 3.63) is 29.8 Å². The monoisotopic (exact) mass is 276 g/mol. The van der Waals surface area contributed by atoms with Crippen molar-refractivity contribution in [1.29, 1.82) is 0 Å². The SMILES string of the molecule is CCC(C)(CNC(C)(C)C)CN(C)c1cccc(C)c1. The molecule has 0 saturated heterocycles. The van der Waals surface area contributed by atoms with Crippen LogP contribution in [0.25, 0.3) is 0 Å². The van der Waals surface area contributed by atoms with E-state index in [4.69, 9.17) is 0 Å². The number of benzene rings is 1. The largest absolute Gasteiger partial charge is 0.374 e. The third kappa shape index (κ3) is 5.54. The molecule has 0 heterocycles. The van der Waals surface area contributed by atoms with E-state index in [0.717, 1.165) is 13.1 Å². The van der Waals surface area contributed by atoms with Gasteiger partial charge in [-0.1, -0.05) is 26.0 Å². The first-order valence-electron chi connectivity index (χ1n) is 7.68. The maximum Gasteiger partial charge on any atom is 0.0366 e. The normalized spacial score (nSPS) is 14.9. The standard InChI is InChI=1S/C18H32N2/c1-8-18(6,13-19-17(3,4)5)14-20(7)16-11-9-10-15(2)12-16/h9-12,19H,8,13-14H2,1-7H3. The smallest absolute Gasteiger partial charge is 0.0366 e. The first-order valence-corrected chi connectivity index (χ1v) is 7.68. The molecular formula is C18H32N2. The van der Waals surface area contributed by atoms with Gasteiger partial charge in [-0.3, -0.25) is 0 Å². The summed E-state index contributed by atoms with van der Waals surface area (Å²) in [5.41, 5.74) is 3.09. The van der Waals surface area contributed by atoms with Crippen LogP contribution in [0.2, 0.25) is 0 Å². The Morgan fingerprint density at radius 2 is 1.80 bits per heavy atom. The van der Waals surface area contributed by atoms with Gasteiger partial charge in [-0.2, -0.15) is 0 Å². The van der Waals surface area contributed by atoms with Gasteiger partial charge >= 0.3 is 0 Å². The van der Waals surface area contributed by atoms with Crippen molar-refractivity contribution in [2.45, 2.75) is 53.5 Å². The zero-order chi connectivity index (χ0) is 15.4. The molecule has 0 radical (unpaired) electrons. The fraction of sp³-hybridized carbons (Fsp3) is 0.667. The van der Waals surface area contributed by atoms with Gasteiger partial charge in [0, 0.05) is 31.4 Å². The molecule has 2 nitrogen and oxygen atoms in total. The van der Waals surface area contributed by atoms with E-state index in [2.05, 4.69) is 83.1 Å². The molecule has 1 N–H and O–H groups in total. The van der Waals surface area contributed by atoms with Crippen molar-refractivity contribution in [3.8, 4) is 0 Å². The second-order valence-electron chi connectivity index (χ2n) is 7.46. The number of hydrogen-bond acceptors (Lipinski definition) is 2. The highest BCUT2D eigenvalue weighted by atomic mass is 15.1. The van der Waals surface area contributed by atoms with Crippen molar-refractivity contribution < 1.29 is 0 Å². The highest BCUT2D eigenvalue weighted by Gasteiger charge is 2.26. The summed E-state index contributed by atoms with van der Waals surface area (Å²) in [6.45, 7) is 15.6. The molecule has 0 aliphatic heterocycles. The Morgan fingerprint density at radius 1 is 1.15 bits per heavy atom. The van der Waals surface area contributed by atoms with E-state index in [1.807, 2.05) is 0 Å². The second kappa shape index (κ2) is 6.62. The minimum absolute atomic E-state index is 0.179. The molecule has 0 spiro atoms. The van der Waals surface area contributed by atoms with Gasteiger partial charge < -0.3 is 10.2 Å². The molecule has 1 unspecified atom stereocenters. The van der Waals surface area contributed by atoms with E-state index in [-0.39, 0.29) is 11.0 Å². The molecule has 0 bridgehead atoms. The molecule has 0 aromatic heterocycles. The molecule has 0 aliphatic rings. The first-order chi connectivity index (χ1) is 9.15. The summed E-state index contributed by atoms with van der Waals surface area (Å²) < 4.78 is 0. The summed E-state index contributed by atoms with van der Waals surface area (Å²) >= 11 is 0. The minimum atomic E-state index is 0.179. The molecule has 20 heavy (non-hydrogen) atoms. The van der Waals surface area contributed by atoms with E-state index < -0.39 is 0 Å². The fourth-order valence-electron chi connectivity index (χ4n) is 2.30. The topological polar surface area (TPSA) is 15.3 Å². The van der Waals surface area contributed by atoms with Crippen LogP contribution in [0.1, 0.15) is 46.6 Å². The van der Waals surface area contributed by atoms with Crippen LogP contribution in [0, 0.1) is 12.3 Å². The van der Waals surface area contributed by atoms with Crippen molar-refractivity contribution in [2.24, 2.45) is 5.41 Å². The van der Waals surface area contributed by atoms with Crippen LogP contribution < -0.4 is 10.2 Å². The molecule has 1 atom stereocenters. The van der Waals surface area contributed by atoms with Crippen LogP contribution in [-0.2, 0) is 0 Å². The Kier molecular flexibility index (Phi) is 5.64. The maximum absolute atomic E-state index is 3.65. The zero-order valence-electron chi connectivity index (χ0n) is 14.4. The van der Waals surface area contributed by atoms with Crippen LogP contribution in [0.5, 0.6) is 0 Å². The third-order valence-electron chi connectivity index (χ3n) is 3.96. The number of anilines is 1. The number of hydrogen-bond donors (Lipinski definition) is 1. The van der Waals surface area contributed by atoms with E-state index in [1.54, 1.807) is 0 Å². The Bertz CT molecular complexity index is 420. The Morgan fingerprint density at radius 3 is 2.30 bits per heavy atom. The van der Waals surface area contributed by atoms with Gasteiger partial charge in [-0.25, -0.2) is 0 Å². The van der Waals surface area contributed by atoms with Gasteiger partial charge in [0.15, 0.2) is 0 Å². The molecule has 2 heteroatoms. The number of rotatable bonds is 6. The van der Waals surface area contributed by atoms with E-state index >= 15 is 0 Å². The van der Waals surface area contributed by atoms with Crippen LogP contribution in [0.3, 0.4) is 0 Å². The number of nitrogens with zero attached hydrogens (tertiary/aromatic N) is 1. The molecule has 0 aliphatic carbocycles. The summed E-state index contributed by atoms with van der Waals surface area (Å²) in [6.07, 6.45) is 1.17. The summed E-state index contributed by atoms with van der Waals surface area (Å²) in [7, 11) is 2.19. The van der Waals surface area contributed by atoms with E-state index in [1.165, 1.54) is 17.7 Å². The van der Waals surface area contributed by atoms with Crippen LogP contribution >= 0.6 is 0 Å². The van der Waals surface area contributed by atoms with Crippen molar-refractivity contribution in [1.82, 2.24) is 5.32 Å². The lowest BCUT2D eigenvalue weighted by Crippen LogP contribution is -2.46. The lowest BCUT2D eigenvalue weighted by Gasteiger charge is -2.37. The average molecular weight is 276 g/mol. The van der Waals surface area contributed by atoms with Gasteiger partial charge in [-0.05, 0) is 57.2 Å². The third-order valence-corrected chi connectivity index (χ3v) is 3.96. The lowest BCUT2D eigenvalue weighted by atomic mass is 9.85. The van der Waals surface area contributed by atoms with Crippen LogP contribution in [0.4, 0.5) is 5.69 Å². The first kappa shape index (κ1) is 17.0. The van der Waals surface area contributed by atoms with E-state index in [0.29, 0.717) is 0 Å². The molecule has 1 aromatic carbocycles. The maximum atomic E-state index is 3.65. The summed E-state index contributed by atoms with van der Waals surface area (Å²) in [5.74, 6) is 0. The van der Waals surface area contributed by atoms with Gasteiger partial charge in [0.05, 0.1) is 0 Å². The molecule has 0 fully saturated rings. The predicted molar refractivity (Wildman–Crippen MR) is 90.6 cm³/mol. The quantitative estimate of drug-likeness (QED) is 0.836. The summed E-state index contributed by atoms with van der Waals surface area (Å²) in [6, 6.07) is 8.74. The molecule has 1 aromatic rings. The van der Waals surface area contributed by atoms with Crippen LogP contribution in [0.15, 0.2) is 24.3 Å². The van der Waals surface area contributed by atoms with Gasteiger partial charge in [0.2, 0.25) is 0 Å². The van der Waals surface area contributed by atoms with Gasteiger partial charge in [0.25, 0.3) is 0 Å². The van der Waals surface area contributed by atoms with Crippen molar-refractivity contribution in [2.75, 3.05) is 25.0 Å². The summed E-state index contributed by atoms with van der Waals surface area (Å²) in [5, 5.41) is 3.65. The number of aryl methyl sites for hydroxylation is 1. The molecule has 0 saturated carbocycles. The highest BCUT2D eigenvalue weighted by Crippen LogP contribution is 2.25. The Hall–Kier alpha value is -1.02. The summed E-state index contributed by atoms with van der Waals surface area (Å²) in [4.78, 5) is 2.38. The fourth-order valence-corrected chi connectivity index (χ4v) is 2.30. The minimum Gasteiger partial charge on any atom is -0.374 e. The Labute approximate surface area is 125 Å². The molecule has 1 rings (SSSR count). The van der Waals surface area contributed by atoms with Gasteiger partial charge in [-0.15, -0.1) is 0 Å². The van der Waals surface area contributed by atoms with E-state index in [9.17, 15) is 0 Å². The molecule has 114 valence electrons. The molecule has 0 amide bonds. The number of nitrogens with one attached hydrogen (secondary N) is 1. The van der Waals surface area contributed by atoms with Crippen molar-refractivity contribution >= 4 is 5.69 Å². The zero-order valence-corrected chi connectivity index (χ0v) is 14.4. The van der Waals surface area contributed by atoms with Crippen LogP contribution in [-0.4, -0.2) is 25.7 Å². The predicted octanol–water partition coefficient (Wildman–Crippen LogP) is 4.24. The van der Waals surface area contributed by atoms with Gasteiger partial charge in [0.1, 0.15) is 0 Å². The highest BCUT2D eigenvalue weighted by molar-refractivity contribution is 5.47. The second-order valence-corrected chi connectivity index (χ2v) is 7.46. The Balaban J connectivity index is 2.71. The van der Waals surface area contributed by atoms with Crippen molar-refractivity contribution in [3.63, 3.8) is 0 Å². The lowest BCUT2D eigenvalue weighted by molar-refractivity contribution is 0.262. The average Bonchev–Trinajstić information content (AvgIpc) is 2.36.